The molecule has 0 radical (unpaired) electrons. The third-order valence-electron chi connectivity index (χ3n) is 5.04. The fraction of sp³-hybridized carbons (Fsp3) is 0.130. The maximum Gasteiger partial charge on any atom is 0.422 e. The Morgan fingerprint density at radius 3 is 2.47 bits per heavy atom. The first-order chi connectivity index (χ1) is 16.2. The molecule has 34 heavy (non-hydrogen) atoms. The monoisotopic (exact) mass is 485 g/mol. The molecule has 0 aliphatic carbocycles. The number of hydrogen-bond acceptors (Lipinski definition) is 5. The largest absolute Gasteiger partial charge is 0.468 e. The molecule has 7 nitrogen and oxygen atoms in total. The van der Waals surface area contributed by atoms with Gasteiger partial charge in [0.15, 0.2) is 12.3 Å². The topological polar surface area (TPSA) is 74.8 Å². The Labute approximate surface area is 195 Å². The van der Waals surface area contributed by atoms with Crippen LogP contribution in [0.4, 0.5) is 13.2 Å². The first kappa shape index (κ1) is 21.9. The van der Waals surface area contributed by atoms with Crippen molar-refractivity contribution in [3.05, 3.63) is 76.2 Å². The van der Waals surface area contributed by atoms with Crippen LogP contribution in [0.1, 0.15) is 0 Å². The van der Waals surface area contributed by atoms with Gasteiger partial charge in [0, 0.05) is 35.3 Å². The zero-order valence-corrected chi connectivity index (χ0v) is 18.3. The molecule has 5 aromatic rings. The standard InChI is InChI=1S/C23H15ClF3N5O2/c1-31-11-14-10-13(2-7-17(14)30-31)20-22(33)32(16-5-3-15(24)4-6-16)21-18(28-20)8-9-19(29-21)34-12-23(25,26)27/h2-11H,12H2,1H3. The maximum absolute atomic E-state index is 13.6. The van der Waals surface area contributed by atoms with E-state index < -0.39 is 18.3 Å². The molecule has 5 rings (SSSR count). The van der Waals surface area contributed by atoms with Crippen LogP contribution >= 0.6 is 11.6 Å². The first-order valence-electron chi connectivity index (χ1n) is 10.0. The molecule has 2 aromatic carbocycles. The van der Waals surface area contributed by atoms with E-state index in [0.717, 1.165) is 10.9 Å². The van der Waals surface area contributed by atoms with E-state index in [1.165, 1.54) is 16.7 Å². The van der Waals surface area contributed by atoms with E-state index >= 15 is 0 Å². The summed E-state index contributed by atoms with van der Waals surface area (Å²) >= 11 is 6.00. The molecule has 0 amide bonds. The molecular weight excluding hydrogens is 471 g/mol. The summed E-state index contributed by atoms with van der Waals surface area (Å²) in [6, 6.07) is 14.5. The molecule has 0 aliphatic heterocycles. The molecule has 0 bridgehead atoms. The van der Waals surface area contributed by atoms with Crippen molar-refractivity contribution in [1.29, 1.82) is 0 Å². The van der Waals surface area contributed by atoms with Crippen LogP contribution in [0.15, 0.2) is 65.6 Å². The lowest BCUT2D eigenvalue weighted by Gasteiger charge is -2.14. The lowest BCUT2D eigenvalue weighted by molar-refractivity contribution is -0.154. The quantitative estimate of drug-likeness (QED) is 0.361. The van der Waals surface area contributed by atoms with Crippen LogP contribution in [0.25, 0.3) is 39.0 Å². The molecule has 0 atom stereocenters. The van der Waals surface area contributed by atoms with Gasteiger partial charge in [0.05, 0.1) is 11.2 Å². The van der Waals surface area contributed by atoms with Crippen LogP contribution in [0, 0.1) is 0 Å². The van der Waals surface area contributed by atoms with Crippen LogP contribution in [0.2, 0.25) is 5.02 Å². The van der Waals surface area contributed by atoms with Crippen molar-refractivity contribution < 1.29 is 17.9 Å². The summed E-state index contributed by atoms with van der Waals surface area (Å²) < 4.78 is 45.6. The summed E-state index contributed by atoms with van der Waals surface area (Å²) in [7, 11) is 1.80. The molecule has 3 aromatic heterocycles. The van der Waals surface area contributed by atoms with Crippen molar-refractivity contribution >= 4 is 33.7 Å². The number of fused-ring (bicyclic) bond motifs is 2. The van der Waals surface area contributed by atoms with Crippen LogP contribution < -0.4 is 10.3 Å². The van der Waals surface area contributed by atoms with Gasteiger partial charge < -0.3 is 4.74 Å². The minimum absolute atomic E-state index is 0.0539. The summed E-state index contributed by atoms with van der Waals surface area (Å²) in [6.45, 7) is -1.51. The molecular formula is C23H15ClF3N5O2. The average Bonchev–Trinajstić information content (AvgIpc) is 3.17. The van der Waals surface area contributed by atoms with Gasteiger partial charge in [-0.25, -0.2) is 4.98 Å². The second kappa shape index (κ2) is 8.14. The number of rotatable bonds is 4. The molecule has 0 aliphatic rings. The highest BCUT2D eigenvalue weighted by Gasteiger charge is 2.29. The lowest BCUT2D eigenvalue weighted by atomic mass is 10.1. The van der Waals surface area contributed by atoms with E-state index in [9.17, 15) is 18.0 Å². The molecule has 11 heteroatoms. The van der Waals surface area contributed by atoms with E-state index in [4.69, 9.17) is 16.3 Å². The number of pyridine rings is 1. The zero-order chi connectivity index (χ0) is 24.0. The fourth-order valence-corrected chi connectivity index (χ4v) is 3.72. The normalized spacial score (nSPS) is 11.9. The van der Waals surface area contributed by atoms with Crippen molar-refractivity contribution in [2.45, 2.75) is 6.18 Å². The van der Waals surface area contributed by atoms with Crippen LogP contribution in [-0.2, 0) is 7.05 Å². The molecule has 0 spiro atoms. The number of ether oxygens (including phenoxy) is 1. The number of benzene rings is 2. The van der Waals surface area contributed by atoms with Gasteiger partial charge in [-0.05, 0) is 42.5 Å². The highest BCUT2D eigenvalue weighted by molar-refractivity contribution is 6.30. The summed E-state index contributed by atoms with van der Waals surface area (Å²) in [5.41, 5.74) is 1.75. The minimum Gasteiger partial charge on any atom is -0.468 e. The van der Waals surface area contributed by atoms with Gasteiger partial charge in [-0.2, -0.15) is 23.3 Å². The number of alkyl halides is 3. The number of aromatic nitrogens is 5. The average molecular weight is 486 g/mol. The Morgan fingerprint density at radius 2 is 1.74 bits per heavy atom. The van der Waals surface area contributed by atoms with E-state index in [1.54, 1.807) is 54.2 Å². The van der Waals surface area contributed by atoms with Crippen molar-refractivity contribution in [2.75, 3.05) is 6.61 Å². The Bertz CT molecular complexity index is 1590. The van der Waals surface area contributed by atoms with Crippen LogP contribution in [-0.4, -0.2) is 37.1 Å². The highest BCUT2D eigenvalue weighted by atomic mass is 35.5. The van der Waals surface area contributed by atoms with Crippen molar-refractivity contribution in [2.24, 2.45) is 7.05 Å². The predicted octanol–water partition coefficient (Wildman–Crippen LogP) is 4.93. The molecule has 172 valence electrons. The van der Waals surface area contributed by atoms with Crippen LogP contribution in [0.5, 0.6) is 5.88 Å². The number of aryl methyl sites for hydroxylation is 1. The van der Waals surface area contributed by atoms with Gasteiger partial charge in [0.2, 0.25) is 5.88 Å². The lowest BCUT2D eigenvalue weighted by Crippen LogP contribution is -2.23. The summed E-state index contributed by atoms with van der Waals surface area (Å²) in [6.07, 6.45) is -2.71. The Kier molecular flexibility index (Phi) is 5.24. The van der Waals surface area contributed by atoms with Gasteiger partial charge in [0.1, 0.15) is 11.2 Å². The Morgan fingerprint density at radius 1 is 1.00 bits per heavy atom. The predicted molar refractivity (Wildman–Crippen MR) is 121 cm³/mol. The van der Waals surface area contributed by atoms with E-state index in [1.807, 2.05) is 6.20 Å². The molecule has 0 unspecified atom stereocenters. The van der Waals surface area contributed by atoms with E-state index in [2.05, 4.69) is 15.1 Å². The summed E-state index contributed by atoms with van der Waals surface area (Å²) in [4.78, 5) is 22.3. The second-order valence-electron chi connectivity index (χ2n) is 7.55. The fourth-order valence-electron chi connectivity index (χ4n) is 3.60. The first-order valence-corrected chi connectivity index (χ1v) is 10.4. The minimum atomic E-state index is -4.53. The smallest absolute Gasteiger partial charge is 0.422 e. The van der Waals surface area contributed by atoms with Gasteiger partial charge in [-0.1, -0.05) is 17.7 Å². The molecule has 0 saturated heterocycles. The Hall–Kier alpha value is -3.92. The molecule has 3 heterocycles. The maximum atomic E-state index is 13.6. The SMILES string of the molecule is Cn1cc2cc(-c3nc4ccc(OCC(F)(F)F)nc4n(-c4ccc(Cl)cc4)c3=O)ccc2n1. The zero-order valence-electron chi connectivity index (χ0n) is 17.5. The van der Waals surface area contributed by atoms with Crippen molar-refractivity contribution in [3.8, 4) is 22.8 Å². The summed E-state index contributed by atoms with van der Waals surface area (Å²) in [5, 5.41) is 5.62. The second-order valence-corrected chi connectivity index (χ2v) is 7.99. The third-order valence-corrected chi connectivity index (χ3v) is 5.29. The van der Waals surface area contributed by atoms with Crippen molar-refractivity contribution in [3.63, 3.8) is 0 Å². The number of nitrogens with zero attached hydrogens (tertiary/aromatic N) is 5. The van der Waals surface area contributed by atoms with Gasteiger partial charge >= 0.3 is 6.18 Å². The van der Waals surface area contributed by atoms with Crippen LogP contribution in [0.3, 0.4) is 0 Å². The van der Waals surface area contributed by atoms with E-state index in [-0.39, 0.29) is 17.2 Å². The summed E-state index contributed by atoms with van der Waals surface area (Å²) in [5.74, 6) is -0.279. The Balaban J connectivity index is 1.73. The molecule has 0 fully saturated rings. The van der Waals surface area contributed by atoms with Gasteiger partial charge in [0.25, 0.3) is 5.56 Å². The third kappa shape index (κ3) is 4.19. The van der Waals surface area contributed by atoms with Gasteiger partial charge in [-0.3, -0.25) is 14.0 Å². The van der Waals surface area contributed by atoms with E-state index in [0.29, 0.717) is 21.8 Å². The van der Waals surface area contributed by atoms with Gasteiger partial charge in [-0.15, -0.1) is 0 Å². The molecule has 0 N–H and O–H groups in total. The van der Waals surface area contributed by atoms with Crippen molar-refractivity contribution in [1.82, 2.24) is 24.3 Å². The number of hydrogen-bond donors (Lipinski definition) is 0. The number of halogens is 4. The highest BCUT2D eigenvalue weighted by Crippen LogP contribution is 2.25. The molecule has 0 saturated carbocycles.